The Morgan fingerprint density at radius 1 is 1.32 bits per heavy atom. The third kappa shape index (κ3) is 1.54. The minimum atomic E-state index is -1.01. The number of aromatic nitrogens is 1. The second kappa shape index (κ2) is 3.62. The first kappa shape index (κ1) is 11.1. The summed E-state index contributed by atoms with van der Waals surface area (Å²) >= 11 is 0. The molecule has 0 saturated heterocycles. The van der Waals surface area contributed by atoms with E-state index < -0.39 is 5.97 Å². The van der Waals surface area contributed by atoms with Crippen molar-refractivity contribution in [2.75, 3.05) is 11.1 Å². The molecule has 3 aliphatic carbocycles. The van der Waals surface area contributed by atoms with E-state index in [0.29, 0.717) is 17.5 Å². The summed E-state index contributed by atoms with van der Waals surface area (Å²) in [6.45, 7) is 0. The van der Waals surface area contributed by atoms with Gasteiger partial charge in [-0.1, -0.05) is 0 Å². The summed E-state index contributed by atoms with van der Waals surface area (Å²) in [6, 6.07) is 3.52. The Balaban J connectivity index is 1.55. The van der Waals surface area contributed by atoms with Crippen molar-refractivity contribution in [3.63, 3.8) is 0 Å². The van der Waals surface area contributed by atoms with Crippen LogP contribution >= 0.6 is 0 Å². The summed E-state index contributed by atoms with van der Waals surface area (Å²) in [5.41, 5.74) is 6.46. The van der Waals surface area contributed by atoms with Crippen molar-refractivity contribution in [3.05, 3.63) is 17.8 Å². The minimum Gasteiger partial charge on any atom is -0.477 e. The van der Waals surface area contributed by atoms with Crippen LogP contribution in [-0.2, 0) is 0 Å². The molecule has 4 unspecified atom stereocenters. The molecule has 0 radical (unpaired) electrons. The van der Waals surface area contributed by atoms with Gasteiger partial charge in [0.2, 0.25) is 0 Å². The van der Waals surface area contributed by atoms with E-state index in [1.165, 1.54) is 25.3 Å². The Hall–Kier alpha value is -1.78. The molecule has 4 rings (SSSR count). The zero-order valence-corrected chi connectivity index (χ0v) is 10.5. The predicted octanol–water partition coefficient (Wildman–Crippen LogP) is 1.82. The molecule has 0 spiro atoms. The Bertz CT molecular complexity index is 544. The number of carboxylic acids is 1. The third-order valence-electron chi connectivity index (χ3n) is 5.18. The SMILES string of the molecule is Nc1ccc(C(=O)O)nc1NC1C2C3CCC(C3)C12. The molecular weight excluding hydrogens is 242 g/mol. The highest BCUT2D eigenvalue weighted by atomic mass is 16.4. The number of anilines is 2. The van der Waals surface area contributed by atoms with Crippen molar-refractivity contribution in [2.24, 2.45) is 23.7 Å². The van der Waals surface area contributed by atoms with Gasteiger partial charge in [0.1, 0.15) is 5.82 Å². The molecule has 1 aromatic heterocycles. The maximum absolute atomic E-state index is 10.9. The van der Waals surface area contributed by atoms with Gasteiger partial charge >= 0.3 is 5.97 Å². The highest BCUT2D eigenvalue weighted by Crippen LogP contribution is 2.66. The summed E-state index contributed by atoms with van der Waals surface area (Å²) in [7, 11) is 0. The first-order chi connectivity index (χ1) is 9.15. The molecule has 1 heterocycles. The lowest BCUT2D eigenvalue weighted by molar-refractivity contribution is 0.0690. The zero-order valence-electron chi connectivity index (χ0n) is 10.5. The molecule has 5 heteroatoms. The molecule has 19 heavy (non-hydrogen) atoms. The normalized spacial score (nSPS) is 38.0. The topological polar surface area (TPSA) is 88.2 Å². The van der Waals surface area contributed by atoms with Crippen molar-refractivity contribution in [1.82, 2.24) is 4.98 Å². The van der Waals surface area contributed by atoms with E-state index >= 15 is 0 Å². The molecule has 0 aromatic carbocycles. The lowest BCUT2D eigenvalue weighted by Crippen LogP contribution is -2.16. The van der Waals surface area contributed by atoms with Crippen LogP contribution in [0.2, 0.25) is 0 Å². The van der Waals surface area contributed by atoms with E-state index in [0.717, 1.165) is 23.7 Å². The molecule has 0 amide bonds. The predicted molar refractivity (Wildman–Crippen MR) is 70.8 cm³/mol. The Labute approximate surface area is 111 Å². The lowest BCUT2D eigenvalue weighted by Gasteiger charge is -2.13. The van der Waals surface area contributed by atoms with Gasteiger partial charge in [-0.25, -0.2) is 9.78 Å². The fourth-order valence-corrected chi connectivity index (χ4v) is 4.38. The highest BCUT2D eigenvalue weighted by molar-refractivity contribution is 5.86. The molecule has 100 valence electrons. The zero-order chi connectivity index (χ0) is 13.1. The fourth-order valence-electron chi connectivity index (χ4n) is 4.38. The van der Waals surface area contributed by atoms with Gasteiger partial charge in [-0.2, -0.15) is 0 Å². The number of aromatic carboxylic acids is 1. The molecule has 4 N–H and O–H groups in total. The van der Waals surface area contributed by atoms with Crippen LogP contribution in [0.5, 0.6) is 0 Å². The van der Waals surface area contributed by atoms with Crippen LogP contribution in [0.1, 0.15) is 29.8 Å². The highest BCUT2D eigenvalue weighted by Gasteiger charge is 2.65. The molecular formula is C14H17N3O2. The fraction of sp³-hybridized carbons (Fsp3) is 0.571. The van der Waals surface area contributed by atoms with Crippen LogP contribution < -0.4 is 11.1 Å². The standard InChI is InChI=1S/C14H17N3O2/c15-8-3-4-9(14(18)19)16-13(8)17-12-10-6-1-2-7(5-6)11(10)12/h3-4,6-7,10-12H,1-2,5,15H2,(H,16,17)(H,18,19). The van der Waals surface area contributed by atoms with Crippen LogP contribution in [-0.4, -0.2) is 22.1 Å². The number of nitrogens with two attached hydrogens (primary N) is 1. The van der Waals surface area contributed by atoms with Gasteiger partial charge in [-0.3, -0.25) is 0 Å². The second-order valence-electron chi connectivity index (χ2n) is 6.10. The number of nitrogen functional groups attached to an aromatic ring is 1. The summed E-state index contributed by atoms with van der Waals surface area (Å²) in [5.74, 6) is 2.81. The average molecular weight is 259 g/mol. The third-order valence-corrected chi connectivity index (χ3v) is 5.18. The number of hydrogen-bond acceptors (Lipinski definition) is 4. The van der Waals surface area contributed by atoms with Crippen molar-refractivity contribution in [2.45, 2.75) is 25.3 Å². The molecule has 5 nitrogen and oxygen atoms in total. The summed E-state index contributed by atoms with van der Waals surface area (Å²) < 4.78 is 0. The molecule has 1 aromatic rings. The van der Waals surface area contributed by atoms with Crippen LogP contribution in [0, 0.1) is 23.7 Å². The van der Waals surface area contributed by atoms with Gasteiger partial charge in [0, 0.05) is 6.04 Å². The van der Waals surface area contributed by atoms with E-state index in [4.69, 9.17) is 10.8 Å². The van der Waals surface area contributed by atoms with E-state index in [9.17, 15) is 4.79 Å². The average Bonchev–Trinajstić information content (AvgIpc) is 2.79. The van der Waals surface area contributed by atoms with Gasteiger partial charge in [-0.15, -0.1) is 0 Å². The summed E-state index contributed by atoms with van der Waals surface area (Å²) in [5, 5.41) is 12.4. The summed E-state index contributed by atoms with van der Waals surface area (Å²) in [6.07, 6.45) is 4.12. The number of pyridine rings is 1. The molecule has 3 aliphatic rings. The first-order valence-electron chi connectivity index (χ1n) is 6.91. The van der Waals surface area contributed by atoms with Crippen molar-refractivity contribution in [1.29, 1.82) is 0 Å². The number of nitrogens with one attached hydrogen (secondary N) is 1. The number of rotatable bonds is 3. The first-order valence-corrected chi connectivity index (χ1v) is 6.91. The molecule has 3 saturated carbocycles. The lowest BCUT2D eigenvalue weighted by atomic mass is 10.0. The molecule has 0 aliphatic heterocycles. The number of carbonyl (C=O) groups is 1. The van der Waals surface area contributed by atoms with Crippen molar-refractivity contribution < 1.29 is 9.90 Å². The Kier molecular flexibility index (Phi) is 2.11. The minimum absolute atomic E-state index is 0.0467. The van der Waals surface area contributed by atoms with E-state index in [-0.39, 0.29) is 5.69 Å². The largest absolute Gasteiger partial charge is 0.477 e. The molecule has 2 bridgehead atoms. The molecule has 4 atom stereocenters. The maximum Gasteiger partial charge on any atom is 0.354 e. The molecule has 3 fully saturated rings. The van der Waals surface area contributed by atoms with Crippen LogP contribution in [0.3, 0.4) is 0 Å². The second-order valence-corrected chi connectivity index (χ2v) is 6.10. The van der Waals surface area contributed by atoms with Gasteiger partial charge in [0.25, 0.3) is 0 Å². The Morgan fingerprint density at radius 2 is 2.00 bits per heavy atom. The van der Waals surface area contributed by atoms with Gasteiger partial charge in [-0.05, 0) is 55.1 Å². The van der Waals surface area contributed by atoms with E-state index in [2.05, 4.69) is 10.3 Å². The van der Waals surface area contributed by atoms with Gasteiger partial charge in [0.15, 0.2) is 5.69 Å². The van der Waals surface area contributed by atoms with E-state index in [1.807, 2.05) is 0 Å². The van der Waals surface area contributed by atoms with Crippen LogP contribution in [0.4, 0.5) is 11.5 Å². The smallest absolute Gasteiger partial charge is 0.354 e. The van der Waals surface area contributed by atoms with Crippen LogP contribution in [0.25, 0.3) is 0 Å². The van der Waals surface area contributed by atoms with Crippen LogP contribution in [0.15, 0.2) is 12.1 Å². The summed E-state index contributed by atoms with van der Waals surface area (Å²) in [4.78, 5) is 15.1. The maximum atomic E-state index is 10.9. The van der Waals surface area contributed by atoms with Gasteiger partial charge < -0.3 is 16.2 Å². The quantitative estimate of drug-likeness (QED) is 0.770. The van der Waals surface area contributed by atoms with Gasteiger partial charge in [0.05, 0.1) is 5.69 Å². The number of nitrogens with zero attached hydrogens (tertiary/aromatic N) is 1. The van der Waals surface area contributed by atoms with Crippen molar-refractivity contribution >= 4 is 17.5 Å². The van der Waals surface area contributed by atoms with Crippen molar-refractivity contribution in [3.8, 4) is 0 Å². The number of fused-ring (bicyclic) bond motifs is 5. The monoisotopic (exact) mass is 259 g/mol. The van der Waals surface area contributed by atoms with E-state index in [1.54, 1.807) is 6.07 Å². The number of hydrogen-bond donors (Lipinski definition) is 3. The number of carboxylic acid groups (broad SMARTS) is 1. The Morgan fingerprint density at radius 3 is 2.63 bits per heavy atom.